The van der Waals surface area contributed by atoms with Crippen molar-refractivity contribution in [2.75, 3.05) is 0 Å². The fourth-order valence-electron chi connectivity index (χ4n) is 2.79. The van der Waals surface area contributed by atoms with Gasteiger partial charge in [-0.25, -0.2) is 12.1 Å². The molecule has 25 heavy (non-hydrogen) atoms. The predicted molar refractivity (Wildman–Crippen MR) is 103 cm³/mol. The monoisotopic (exact) mass is 366 g/mol. The van der Waals surface area contributed by atoms with Gasteiger partial charge in [0.15, 0.2) is 0 Å². The van der Waals surface area contributed by atoms with Crippen molar-refractivity contribution in [3.63, 3.8) is 0 Å². The predicted octanol–water partition coefficient (Wildman–Crippen LogP) is 5.99. The van der Waals surface area contributed by atoms with E-state index in [1.54, 1.807) is 0 Å². The van der Waals surface area contributed by atoms with E-state index in [0.29, 0.717) is 0 Å². The van der Waals surface area contributed by atoms with E-state index in [1.165, 1.54) is 22.3 Å². The van der Waals surface area contributed by atoms with E-state index < -0.39 is 0 Å². The summed E-state index contributed by atoms with van der Waals surface area (Å²) in [6.07, 6.45) is 2.05. The molecule has 0 N–H and O–H groups in total. The fourth-order valence-corrected chi connectivity index (χ4v) is 2.79. The molecule has 0 aliphatic carbocycles. The Hall–Kier alpha value is -2.34. The molecule has 132 valence electrons. The zero-order chi connectivity index (χ0) is 16.5. The summed E-state index contributed by atoms with van der Waals surface area (Å²) in [5, 5.41) is 0. The summed E-state index contributed by atoms with van der Waals surface area (Å²) >= 11 is 0. The zero-order valence-electron chi connectivity index (χ0n) is 14.2. The molecule has 0 nitrogen and oxygen atoms in total. The Morgan fingerprint density at radius 1 is 0.600 bits per heavy atom. The molecule has 0 aromatic heterocycles. The number of hydrogen-bond donors (Lipinski definition) is 0. The fraction of sp³-hybridized carbons (Fsp3) is 0.0833. The van der Waals surface area contributed by atoms with E-state index in [-0.39, 0.29) is 17.1 Å². The first-order chi connectivity index (χ1) is 11.9. The van der Waals surface area contributed by atoms with Crippen LogP contribution in [-0.4, -0.2) is 0 Å². The van der Waals surface area contributed by atoms with Crippen molar-refractivity contribution in [3.8, 4) is 0 Å². The molecule has 0 aliphatic heterocycles. The normalized spacial score (nSPS) is 9.60. The van der Waals surface area contributed by atoms with Crippen molar-refractivity contribution in [1.29, 1.82) is 0 Å². The largest absolute Gasteiger partial charge is 0.748 e. The van der Waals surface area contributed by atoms with Crippen LogP contribution in [0, 0.1) is 0 Å². The second-order valence-electron chi connectivity index (χ2n) is 5.86. The minimum Gasteiger partial charge on any atom is -0.748 e. The van der Waals surface area contributed by atoms with Gasteiger partial charge in [-0.15, -0.1) is 5.56 Å². The van der Waals surface area contributed by atoms with Gasteiger partial charge in [-0.3, -0.25) is 0 Å². The van der Waals surface area contributed by atoms with E-state index >= 15 is 0 Å². The van der Waals surface area contributed by atoms with Crippen molar-refractivity contribution in [1.82, 2.24) is 0 Å². The van der Waals surface area contributed by atoms with Crippen LogP contribution in [0.3, 0.4) is 0 Å². The second kappa shape index (κ2) is 10.5. The maximum Gasteiger partial charge on any atom is 0 e. The molecule has 0 heterocycles. The van der Waals surface area contributed by atoms with Crippen LogP contribution in [0.15, 0.2) is 109 Å². The van der Waals surface area contributed by atoms with E-state index in [0.717, 1.165) is 12.8 Å². The Morgan fingerprint density at radius 3 is 1.68 bits per heavy atom. The van der Waals surface area contributed by atoms with Gasteiger partial charge in [-0.1, -0.05) is 66.2 Å². The van der Waals surface area contributed by atoms with Crippen LogP contribution in [0.25, 0.3) is 0 Å². The van der Waals surface area contributed by atoms with Crippen LogP contribution < -0.4 is 0 Å². The summed E-state index contributed by atoms with van der Waals surface area (Å²) in [7, 11) is 0. The van der Waals surface area contributed by atoms with Gasteiger partial charge in [-0.05, 0) is 18.4 Å². The van der Waals surface area contributed by atoms with Crippen LogP contribution in [0.2, 0.25) is 0 Å². The molecule has 0 atom stereocenters. The molecule has 0 saturated heterocycles. The summed E-state index contributed by atoms with van der Waals surface area (Å²) < 4.78 is 0. The van der Waals surface area contributed by atoms with Gasteiger partial charge in [0.05, 0.1) is 0 Å². The van der Waals surface area contributed by atoms with Crippen molar-refractivity contribution < 1.29 is 17.1 Å². The van der Waals surface area contributed by atoms with Gasteiger partial charge >= 0.3 is 0 Å². The Labute approximate surface area is 161 Å². The molecule has 1 heteroatoms. The Morgan fingerprint density at radius 2 is 1.12 bits per heavy atom. The van der Waals surface area contributed by atoms with E-state index in [4.69, 9.17) is 0 Å². The zero-order valence-corrected chi connectivity index (χ0v) is 15.3. The minimum atomic E-state index is 0. The first kappa shape index (κ1) is 19.0. The third kappa shape index (κ3) is 6.23. The van der Waals surface area contributed by atoms with Gasteiger partial charge in [0.2, 0.25) is 0 Å². The summed E-state index contributed by atoms with van der Waals surface area (Å²) in [5.41, 5.74) is 5.64. The van der Waals surface area contributed by atoms with Crippen LogP contribution in [0.1, 0.15) is 22.3 Å². The average Bonchev–Trinajstić information content (AvgIpc) is 3.33. The first-order valence-corrected chi connectivity index (χ1v) is 8.40. The van der Waals surface area contributed by atoms with Crippen molar-refractivity contribution in [2.24, 2.45) is 0 Å². The molecule has 0 amide bonds. The maximum atomic E-state index is 2.24. The SMILES string of the molecule is [Fe].[cH-]1[cH-][cH-][cH-][cH-]1.c1ccc(Cc2ccc[c-]2Cc2ccccc2)cc1. The molecule has 0 fully saturated rings. The van der Waals surface area contributed by atoms with Crippen molar-refractivity contribution >= 4 is 0 Å². The van der Waals surface area contributed by atoms with Gasteiger partial charge in [0.1, 0.15) is 0 Å². The molecule has 0 radical (unpaired) electrons. The number of hydrogen-bond acceptors (Lipinski definition) is 0. The van der Waals surface area contributed by atoms with Crippen LogP contribution in [0.5, 0.6) is 0 Å². The quantitative estimate of drug-likeness (QED) is 0.307. The second-order valence-corrected chi connectivity index (χ2v) is 5.86. The number of rotatable bonds is 4. The topological polar surface area (TPSA) is 0 Å². The Kier molecular flexibility index (Phi) is 7.98. The summed E-state index contributed by atoms with van der Waals surface area (Å²) in [5.74, 6) is 0. The first-order valence-electron chi connectivity index (χ1n) is 8.40. The van der Waals surface area contributed by atoms with Crippen molar-refractivity contribution in [2.45, 2.75) is 12.8 Å². The molecule has 0 aliphatic rings. The summed E-state index contributed by atoms with van der Waals surface area (Å²) in [6.45, 7) is 0. The molecule has 4 aromatic rings. The molecule has 0 bridgehead atoms. The van der Waals surface area contributed by atoms with Gasteiger partial charge < -0.3 is 30.3 Å². The van der Waals surface area contributed by atoms with E-state index in [1.807, 2.05) is 30.3 Å². The Balaban J connectivity index is 0.000000325. The van der Waals surface area contributed by atoms with Crippen molar-refractivity contribution in [3.05, 3.63) is 131 Å². The van der Waals surface area contributed by atoms with E-state index in [9.17, 15) is 0 Å². The standard InChI is InChI=1S/C19H17.C5H5.Fe/c1-3-8-16(9-4-1)14-18-12-7-13-19(18)15-17-10-5-2-6-11-17;1-2-4-5-3-1;/h1-13H,14-15H2;1-5H;/q-1;-5;. The summed E-state index contributed by atoms with van der Waals surface area (Å²) in [6, 6.07) is 38.0. The van der Waals surface area contributed by atoms with Crippen LogP contribution in [0.4, 0.5) is 0 Å². The molecule has 4 aromatic carbocycles. The Bertz CT molecular complexity index is 722. The van der Waals surface area contributed by atoms with Gasteiger partial charge in [-0.2, -0.15) is 11.6 Å². The molecule has 4 rings (SSSR count). The third-order valence-electron chi connectivity index (χ3n) is 4.04. The smallest absolute Gasteiger partial charge is 0 e. The third-order valence-corrected chi connectivity index (χ3v) is 4.04. The molecule has 0 saturated carbocycles. The molecule has 0 unspecified atom stereocenters. The molecule has 0 spiro atoms. The maximum absolute atomic E-state index is 2.24. The molecular weight excluding hydrogens is 344 g/mol. The van der Waals surface area contributed by atoms with Crippen LogP contribution in [-0.2, 0) is 29.9 Å². The van der Waals surface area contributed by atoms with E-state index in [2.05, 4.69) is 78.9 Å². The van der Waals surface area contributed by atoms with Gasteiger partial charge in [0, 0.05) is 17.1 Å². The average molecular weight is 366 g/mol. The minimum absolute atomic E-state index is 0. The van der Waals surface area contributed by atoms with Gasteiger partial charge in [0.25, 0.3) is 0 Å². The van der Waals surface area contributed by atoms with Crippen LogP contribution >= 0.6 is 0 Å². The summed E-state index contributed by atoms with van der Waals surface area (Å²) in [4.78, 5) is 0. The number of benzene rings is 2. The molecular formula is C24H22Fe-6.